The van der Waals surface area contributed by atoms with Crippen molar-refractivity contribution in [3.63, 3.8) is 0 Å². The van der Waals surface area contributed by atoms with Crippen LogP contribution in [0.3, 0.4) is 0 Å². The first kappa shape index (κ1) is 20.3. The molecule has 1 amide bonds. The number of aromatic nitrogens is 4. The van der Waals surface area contributed by atoms with Crippen LogP contribution in [0, 0.1) is 0 Å². The molecule has 0 fully saturated rings. The number of hydrogen-bond acceptors (Lipinski definition) is 5. The number of tetrazole rings is 1. The molecule has 7 nitrogen and oxygen atoms in total. The average molecular weight is 413 g/mol. The van der Waals surface area contributed by atoms with Gasteiger partial charge in [-0.3, -0.25) is 4.79 Å². The van der Waals surface area contributed by atoms with Crippen molar-refractivity contribution in [2.24, 2.45) is 0 Å². The summed E-state index contributed by atoms with van der Waals surface area (Å²) in [4.78, 5) is 12.3. The first-order chi connectivity index (χ1) is 15.3. The second-order valence-electron chi connectivity index (χ2n) is 7.05. The third kappa shape index (κ3) is 5.54. The van der Waals surface area contributed by atoms with Crippen LogP contribution in [0.5, 0.6) is 5.75 Å². The van der Waals surface area contributed by atoms with Gasteiger partial charge < -0.3 is 10.1 Å². The van der Waals surface area contributed by atoms with Crippen molar-refractivity contribution in [2.75, 3.05) is 13.2 Å². The van der Waals surface area contributed by atoms with Crippen LogP contribution in [0.15, 0.2) is 91.3 Å². The van der Waals surface area contributed by atoms with E-state index in [1.807, 2.05) is 48.5 Å². The molecule has 0 spiro atoms. The van der Waals surface area contributed by atoms with Crippen molar-refractivity contribution in [2.45, 2.75) is 12.3 Å². The van der Waals surface area contributed by atoms with E-state index in [-0.39, 0.29) is 18.4 Å². The summed E-state index contributed by atoms with van der Waals surface area (Å²) in [5, 5.41) is 14.1. The summed E-state index contributed by atoms with van der Waals surface area (Å²) in [6, 6.07) is 28.0. The summed E-state index contributed by atoms with van der Waals surface area (Å²) in [6.45, 7) is 0.502. The van der Waals surface area contributed by atoms with Gasteiger partial charge in [0.25, 0.3) is 5.91 Å². The zero-order valence-corrected chi connectivity index (χ0v) is 17.0. The largest absolute Gasteiger partial charge is 0.484 e. The molecule has 0 saturated heterocycles. The van der Waals surface area contributed by atoms with Crippen LogP contribution in [0.4, 0.5) is 0 Å². The number of benzene rings is 3. The molecule has 7 heteroatoms. The summed E-state index contributed by atoms with van der Waals surface area (Å²) in [6.07, 6.45) is 2.30. The molecule has 1 aromatic heterocycles. The highest BCUT2D eigenvalue weighted by Gasteiger charge is 2.14. The molecule has 0 aliphatic heterocycles. The molecule has 0 aliphatic rings. The lowest BCUT2D eigenvalue weighted by atomic mass is 9.88. The second kappa shape index (κ2) is 10.2. The summed E-state index contributed by atoms with van der Waals surface area (Å²) in [7, 11) is 0. The van der Waals surface area contributed by atoms with Crippen molar-refractivity contribution in [1.82, 2.24) is 25.5 Å². The van der Waals surface area contributed by atoms with E-state index in [4.69, 9.17) is 4.74 Å². The van der Waals surface area contributed by atoms with E-state index in [9.17, 15) is 4.79 Å². The number of ether oxygens (including phenoxy) is 1. The van der Waals surface area contributed by atoms with Crippen molar-refractivity contribution in [3.8, 4) is 11.4 Å². The van der Waals surface area contributed by atoms with Crippen molar-refractivity contribution >= 4 is 5.91 Å². The van der Waals surface area contributed by atoms with E-state index in [1.165, 1.54) is 22.1 Å². The minimum Gasteiger partial charge on any atom is -0.484 e. The molecule has 0 unspecified atom stereocenters. The van der Waals surface area contributed by atoms with Gasteiger partial charge in [0.15, 0.2) is 6.61 Å². The van der Waals surface area contributed by atoms with E-state index >= 15 is 0 Å². The Morgan fingerprint density at radius 3 is 2.29 bits per heavy atom. The third-order valence-electron chi connectivity index (χ3n) is 4.96. The molecule has 0 aliphatic carbocycles. The predicted molar refractivity (Wildman–Crippen MR) is 117 cm³/mol. The fourth-order valence-electron chi connectivity index (χ4n) is 3.45. The van der Waals surface area contributed by atoms with Crippen LogP contribution in [0.1, 0.15) is 23.5 Å². The van der Waals surface area contributed by atoms with Gasteiger partial charge in [-0.2, -0.15) is 0 Å². The number of hydrogen-bond donors (Lipinski definition) is 1. The van der Waals surface area contributed by atoms with Gasteiger partial charge in [0.2, 0.25) is 0 Å². The Labute approximate surface area is 180 Å². The predicted octanol–water partition coefficient (Wildman–Crippen LogP) is 3.38. The number of amides is 1. The molecule has 31 heavy (non-hydrogen) atoms. The van der Waals surface area contributed by atoms with Crippen LogP contribution in [-0.4, -0.2) is 39.3 Å². The Kier molecular flexibility index (Phi) is 6.64. The molecule has 0 saturated carbocycles. The fourth-order valence-corrected chi connectivity index (χ4v) is 3.45. The summed E-state index contributed by atoms with van der Waals surface area (Å²) < 4.78 is 7.17. The number of nitrogens with one attached hydrogen (secondary N) is 1. The summed E-state index contributed by atoms with van der Waals surface area (Å²) in [5.41, 5.74) is 3.23. The smallest absolute Gasteiger partial charge is 0.257 e. The minimum absolute atomic E-state index is 0.0552. The minimum atomic E-state index is -0.160. The van der Waals surface area contributed by atoms with Crippen molar-refractivity contribution < 1.29 is 9.53 Å². The molecule has 0 atom stereocenters. The Bertz CT molecular complexity index is 1050. The first-order valence-corrected chi connectivity index (χ1v) is 10.1. The molecule has 156 valence electrons. The maximum Gasteiger partial charge on any atom is 0.257 e. The van der Waals surface area contributed by atoms with E-state index in [1.54, 1.807) is 12.1 Å². The van der Waals surface area contributed by atoms with Gasteiger partial charge in [0, 0.05) is 18.5 Å². The molecular weight excluding hydrogens is 390 g/mol. The summed E-state index contributed by atoms with van der Waals surface area (Å²) in [5.74, 6) is 0.638. The molecule has 0 bridgehead atoms. The Morgan fingerprint density at radius 2 is 1.65 bits per heavy atom. The van der Waals surface area contributed by atoms with E-state index < -0.39 is 0 Å². The van der Waals surface area contributed by atoms with Crippen LogP contribution < -0.4 is 10.1 Å². The standard InChI is InChI=1S/C24H23N5O2/c30-24(17-31-22-13-7-12-21(16-22)29-18-26-27-28-29)25-15-14-23(19-8-3-1-4-9-19)20-10-5-2-6-11-20/h1-13,16,18,23H,14-15,17H2,(H,25,30). The van der Waals surface area contributed by atoms with E-state index in [0.29, 0.717) is 12.3 Å². The molecule has 0 radical (unpaired) electrons. The van der Waals surface area contributed by atoms with Gasteiger partial charge in [-0.15, -0.1) is 5.10 Å². The Hall–Kier alpha value is -4.00. The van der Waals surface area contributed by atoms with Crippen LogP contribution >= 0.6 is 0 Å². The zero-order chi connectivity index (χ0) is 21.3. The maximum absolute atomic E-state index is 12.3. The number of carbonyl (C=O) groups is 1. The van der Waals surface area contributed by atoms with Gasteiger partial charge in [-0.1, -0.05) is 66.7 Å². The van der Waals surface area contributed by atoms with Crippen LogP contribution in [-0.2, 0) is 4.79 Å². The van der Waals surface area contributed by atoms with E-state index in [0.717, 1.165) is 12.1 Å². The normalized spacial score (nSPS) is 10.7. The van der Waals surface area contributed by atoms with Gasteiger partial charge in [0.1, 0.15) is 12.1 Å². The lowest BCUT2D eigenvalue weighted by Crippen LogP contribution is -2.30. The Morgan fingerprint density at radius 1 is 0.935 bits per heavy atom. The fraction of sp³-hybridized carbons (Fsp3) is 0.167. The lowest BCUT2D eigenvalue weighted by molar-refractivity contribution is -0.123. The topological polar surface area (TPSA) is 81.9 Å². The third-order valence-corrected chi connectivity index (χ3v) is 4.96. The molecule has 4 rings (SSSR count). The highest BCUT2D eigenvalue weighted by Crippen LogP contribution is 2.27. The molecule has 1 N–H and O–H groups in total. The van der Waals surface area contributed by atoms with Crippen molar-refractivity contribution in [3.05, 3.63) is 102 Å². The van der Waals surface area contributed by atoms with E-state index in [2.05, 4.69) is 45.1 Å². The molecule has 4 aromatic rings. The highest BCUT2D eigenvalue weighted by atomic mass is 16.5. The molecular formula is C24H23N5O2. The lowest BCUT2D eigenvalue weighted by Gasteiger charge is -2.18. The molecule has 3 aromatic carbocycles. The quantitative estimate of drug-likeness (QED) is 0.455. The number of rotatable bonds is 9. The molecule has 1 heterocycles. The maximum atomic E-state index is 12.3. The SMILES string of the molecule is O=C(COc1cccc(-n2cnnn2)c1)NCCC(c1ccccc1)c1ccccc1. The van der Waals surface area contributed by atoms with Crippen LogP contribution in [0.25, 0.3) is 5.69 Å². The van der Waals surface area contributed by atoms with Gasteiger partial charge >= 0.3 is 0 Å². The second-order valence-corrected chi connectivity index (χ2v) is 7.05. The zero-order valence-electron chi connectivity index (χ0n) is 17.0. The average Bonchev–Trinajstić information content (AvgIpc) is 3.37. The monoisotopic (exact) mass is 413 g/mol. The summed E-state index contributed by atoms with van der Waals surface area (Å²) >= 11 is 0. The van der Waals surface area contributed by atoms with Gasteiger partial charge in [-0.25, -0.2) is 4.68 Å². The highest BCUT2D eigenvalue weighted by molar-refractivity contribution is 5.77. The number of carbonyl (C=O) groups excluding carboxylic acids is 1. The van der Waals surface area contributed by atoms with Crippen molar-refractivity contribution in [1.29, 1.82) is 0 Å². The number of nitrogens with zero attached hydrogens (tertiary/aromatic N) is 4. The van der Waals surface area contributed by atoms with Crippen LogP contribution in [0.2, 0.25) is 0 Å². The van der Waals surface area contributed by atoms with Gasteiger partial charge in [-0.05, 0) is 40.1 Å². The Balaban J connectivity index is 1.31. The van der Waals surface area contributed by atoms with Gasteiger partial charge in [0.05, 0.1) is 5.69 Å². The first-order valence-electron chi connectivity index (χ1n) is 10.1.